The summed E-state index contributed by atoms with van der Waals surface area (Å²) in [5, 5.41) is 9.78. The smallest absolute Gasteiger partial charge is 0.361 e. The molecule has 9 heteroatoms. The second kappa shape index (κ2) is 77.0. The molecule has 0 radical (unpaired) electrons. The summed E-state index contributed by atoms with van der Waals surface area (Å²) < 4.78 is 23.1. The van der Waals surface area contributed by atoms with Crippen molar-refractivity contribution in [3.05, 3.63) is 48.6 Å². The monoisotopic (exact) mass is 1340 g/mol. The molecule has 0 aliphatic carbocycles. The topological polar surface area (TPSA) is 108 Å². The van der Waals surface area contributed by atoms with Crippen LogP contribution in [0, 0.1) is 0 Å². The Hall–Kier alpha value is -2.75. The molecule has 9 nitrogen and oxygen atoms in total. The quantitative estimate of drug-likeness (QED) is 0.0211. The minimum Gasteiger partial charge on any atom is -0.477 e. The Kier molecular flexibility index (Phi) is 74.8. The van der Waals surface area contributed by atoms with Gasteiger partial charge >= 0.3 is 17.9 Å². The number of carboxylic acid groups (broad SMARTS) is 1. The van der Waals surface area contributed by atoms with E-state index in [4.69, 9.17) is 18.9 Å². The Balaban J connectivity index is 3.94. The second-order valence-corrected chi connectivity index (χ2v) is 29.8. The van der Waals surface area contributed by atoms with Crippen molar-refractivity contribution in [3.8, 4) is 0 Å². The normalized spacial score (nSPS) is 12.8. The number of ether oxygens (including phenoxy) is 4. The van der Waals surface area contributed by atoms with Crippen LogP contribution in [0.1, 0.15) is 425 Å². The number of allylic oxidation sites excluding steroid dienone is 8. The van der Waals surface area contributed by atoms with Crippen LogP contribution >= 0.6 is 0 Å². The Bertz CT molecular complexity index is 1700. The minimum absolute atomic E-state index is 0.175. The van der Waals surface area contributed by atoms with Crippen molar-refractivity contribution in [2.75, 3.05) is 47.5 Å². The number of hydrogen-bond acceptors (Lipinski definition) is 7. The van der Waals surface area contributed by atoms with Gasteiger partial charge in [-0.1, -0.05) is 409 Å². The number of carbonyl (C=O) groups excluding carboxylic acids is 2. The van der Waals surface area contributed by atoms with Crippen molar-refractivity contribution >= 4 is 17.9 Å². The first-order valence-electron chi connectivity index (χ1n) is 41.8. The molecular formula is C86H162NO8+. The molecule has 0 saturated carbocycles. The van der Waals surface area contributed by atoms with Gasteiger partial charge in [-0.15, -0.1) is 0 Å². The first-order chi connectivity index (χ1) is 46.6. The van der Waals surface area contributed by atoms with E-state index in [1.54, 1.807) is 0 Å². The van der Waals surface area contributed by atoms with E-state index in [9.17, 15) is 19.5 Å². The Morgan fingerprint density at radius 2 is 0.600 bits per heavy atom. The van der Waals surface area contributed by atoms with Crippen LogP contribution in [0.2, 0.25) is 0 Å². The molecule has 0 aromatic rings. The van der Waals surface area contributed by atoms with Crippen LogP contribution in [-0.4, -0.2) is 87.4 Å². The van der Waals surface area contributed by atoms with Gasteiger partial charge in [0.2, 0.25) is 0 Å². The molecule has 0 heterocycles. The fraction of sp³-hybridized carbons (Fsp3) is 0.872. The van der Waals surface area contributed by atoms with Crippen molar-refractivity contribution in [1.82, 2.24) is 0 Å². The van der Waals surface area contributed by atoms with E-state index in [0.29, 0.717) is 17.4 Å². The summed E-state index contributed by atoms with van der Waals surface area (Å²) in [7, 11) is 6.00. The zero-order valence-electron chi connectivity index (χ0n) is 64.1. The number of likely N-dealkylation sites (N-methyl/N-ethyl adjacent to an activating group) is 1. The van der Waals surface area contributed by atoms with Crippen molar-refractivity contribution in [3.63, 3.8) is 0 Å². The maximum Gasteiger partial charge on any atom is 0.361 e. The van der Waals surface area contributed by atoms with Crippen LogP contribution in [0.3, 0.4) is 0 Å². The second-order valence-electron chi connectivity index (χ2n) is 29.8. The number of quaternary nitrogens is 1. The van der Waals surface area contributed by atoms with Crippen molar-refractivity contribution < 1.29 is 42.9 Å². The van der Waals surface area contributed by atoms with Crippen LogP contribution in [0.5, 0.6) is 0 Å². The zero-order chi connectivity index (χ0) is 69.0. The number of unbranched alkanes of at least 4 members (excludes halogenated alkanes) is 56. The van der Waals surface area contributed by atoms with Gasteiger partial charge in [-0.3, -0.25) is 9.59 Å². The number of rotatable bonds is 79. The van der Waals surface area contributed by atoms with Crippen molar-refractivity contribution in [1.29, 1.82) is 0 Å². The molecule has 0 aliphatic rings. The number of carbonyl (C=O) groups is 3. The fourth-order valence-electron chi connectivity index (χ4n) is 12.8. The molecule has 2 unspecified atom stereocenters. The highest BCUT2D eigenvalue weighted by Gasteiger charge is 2.25. The molecule has 0 saturated heterocycles. The summed E-state index contributed by atoms with van der Waals surface area (Å²) in [6.45, 7) is 4.85. The number of hydrogen-bond donors (Lipinski definition) is 1. The highest BCUT2D eigenvalue weighted by molar-refractivity contribution is 5.71. The Labute approximate surface area is 591 Å². The first-order valence-corrected chi connectivity index (χ1v) is 41.8. The lowest BCUT2D eigenvalue weighted by atomic mass is 10.0. The molecule has 0 aromatic heterocycles. The lowest BCUT2D eigenvalue weighted by Gasteiger charge is -2.25. The number of nitrogens with zero attached hydrogens (tertiary/aromatic N) is 1. The predicted molar refractivity (Wildman–Crippen MR) is 410 cm³/mol. The van der Waals surface area contributed by atoms with Crippen LogP contribution in [0.15, 0.2) is 48.6 Å². The first kappa shape index (κ1) is 92.2. The number of aliphatic carboxylic acids is 1. The van der Waals surface area contributed by atoms with Gasteiger partial charge in [-0.05, 0) is 51.4 Å². The molecule has 0 amide bonds. The molecule has 0 rings (SSSR count). The van der Waals surface area contributed by atoms with Gasteiger partial charge in [-0.2, -0.15) is 0 Å². The zero-order valence-corrected chi connectivity index (χ0v) is 64.1. The molecule has 0 fully saturated rings. The van der Waals surface area contributed by atoms with E-state index in [2.05, 4.69) is 62.5 Å². The SMILES string of the molecule is CC/C=C\C/C=C\C/C=C\C/C=C\CCCCCCCCCCCCCCCCCCCCCCCCC(=O)OC(COC(=O)CCCCCCCCCCCCCCCCCCCCCCCCCCCCCCCCCCCCC)COC(OCC[N+](C)(C)C)C(=O)O. The summed E-state index contributed by atoms with van der Waals surface area (Å²) in [5.41, 5.74) is 0. The van der Waals surface area contributed by atoms with Crippen molar-refractivity contribution in [2.24, 2.45) is 0 Å². The molecule has 0 aliphatic heterocycles. The fourth-order valence-corrected chi connectivity index (χ4v) is 12.8. The lowest BCUT2D eigenvalue weighted by molar-refractivity contribution is -0.870. The van der Waals surface area contributed by atoms with Gasteiger partial charge in [0.1, 0.15) is 13.2 Å². The molecule has 558 valence electrons. The largest absolute Gasteiger partial charge is 0.477 e. The molecule has 0 bridgehead atoms. The van der Waals surface area contributed by atoms with Crippen LogP contribution in [0.25, 0.3) is 0 Å². The molecule has 95 heavy (non-hydrogen) atoms. The third-order valence-corrected chi connectivity index (χ3v) is 19.1. The summed E-state index contributed by atoms with van der Waals surface area (Å²) in [6, 6.07) is 0. The lowest BCUT2D eigenvalue weighted by Crippen LogP contribution is -2.40. The van der Waals surface area contributed by atoms with Crippen molar-refractivity contribution in [2.45, 2.75) is 437 Å². The average Bonchev–Trinajstić information content (AvgIpc) is 3.58. The Morgan fingerprint density at radius 3 is 0.895 bits per heavy atom. The molecular weight excluding hydrogens is 1170 g/mol. The van der Waals surface area contributed by atoms with E-state index in [-0.39, 0.29) is 38.2 Å². The van der Waals surface area contributed by atoms with Crippen LogP contribution < -0.4 is 0 Å². The van der Waals surface area contributed by atoms with Gasteiger partial charge in [0, 0.05) is 12.8 Å². The van der Waals surface area contributed by atoms with Gasteiger partial charge in [0.15, 0.2) is 6.10 Å². The maximum absolute atomic E-state index is 13.0. The van der Waals surface area contributed by atoms with Crippen LogP contribution in [0.4, 0.5) is 0 Å². The molecule has 0 aromatic carbocycles. The van der Waals surface area contributed by atoms with Crippen LogP contribution in [-0.2, 0) is 33.3 Å². The number of carboxylic acids is 1. The third-order valence-electron chi connectivity index (χ3n) is 19.1. The third kappa shape index (κ3) is 78.5. The van der Waals surface area contributed by atoms with E-state index in [1.165, 1.54) is 334 Å². The predicted octanol–water partition coefficient (Wildman–Crippen LogP) is 26.8. The summed E-state index contributed by atoms with van der Waals surface area (Å²) in [4.78, 5) is 37.8. The molecule has 1 N–H and O–H groups in total. The highest BCUT2D eigenvalue weighted by Crippen LogP contribution is 2.21. The van der Waals surface area contributed by atoms with Gasteiger partial charge in [-0.25, -0.2) is 4.79 Å². The van der Waals surface area contributed by atoms with Gasteiger partial charge in [0.05, 0.1) is 34.4 Å². The van der Waals surface area contributed by atoms with Gasteiger partial charge < -0.3 is 28.5 Å². The van der Waals surface area contributed by atoms with Gasteiger partial charge in [0.25, 0.3) is 6.29 Å². The van der Waals surface area contributed by atoms with E-state index < -0.39 is 18.4 Å². The summed E-state index contributed by atoms with van der Waals surface area (Å²) in [6.07, 6.45) is 98.6. The standard InChI is InChI=1S/C86H161NO8/c1-6-8-10-12-14-16-18-20-22-24-26-28-30-32-34-36-38-40-42-44-46-48-50-52-54-56-58-60-62-64-66-68-70-72-74-76-83(88)93-80-82(81-94-86(85(90)91)92-79-78-87(3,4)5)95-84(89)77-75-73-71-69-67-65-63-61-59-57-55-53-51-49-47-45-43-41-39-37-35-33-31-29-27-25-23-21-19-17-15-13-11-9-7-2/h9,11,15,17,21,23,27,29,82,86H,6-8,10,12-14,16,18-20,22,24-26,28,30-81H2,1-5H3/p+1/b11-9-,17-15-,23-21-,29-27-. The van der Waals surface area contributed by atoms with E-state index in [0.717, 1.165) is 64.2 Å². The average molecular weight is 1340 g/mol. The molecule has 0 spiro atoms. The minimum atomic E-state index is -1.51. The van der Waals surface area contributed by atoms with E-state index in [1.807, 2.05) is 21.1 Å². The number of esters is 2. The summed E-state index contributed by atoms with van der Waals surface area (Å²) in [5.74, 6) is -1.97. The highest BCUT2D eigenvalue weighted by atomic mass is 16.7. The maximum atomic E-state index is 13.0. The molecule has 2 atom stereocenters. The summed E-state index contributed by atoms with van der Waals surface area (Å²) >= 11 is 0. The van der Waals surface area contributed by atoms with E-state index >= 15 is 0 Å². The Morgan fingerprint density at radius 1 is 0.326 bits per heavy atom.